The van der Waals surface area contributed by atoms with E-state index >= 15 is 0 Å². The summed E-state index contributed by atoms with van der Waals surface area (Å²) < 4.78 is 0. The van der Waals surface area contributed by atoms with Crippen LogP contribution in [0.5, 0.6) is 0 Å². The van der Waals surface area contributed by atoms with Gasteiger partial charge in [0.15, 0.2) is 0 Å². The molecule has 0 aliphatic carbocycles. The van der Waals surface area contributed by atoms with Crippen LogP contribution in [0.2, 0.25) is 0 Å². The molecule has 0 saturated carbocycles. The molecule has 3 N–H and O–H groups in total. The Kier molecular flexibility index (Phi) is 9.07. The van der Waals surface area contributed by atoms with Gasteiger partial charge in [0.2, 0.25) is 5.91 Å². The third-order valence-corrected chi connectivity index (χ3v) is 4.41. The minimum absolute atomic E-state index is 0.0734. The van der Waals surface area contributed by atoms with Gasteiger partial charge in [0.25, 0.3) is 0 Å². The van der Waals surface area contributed by atoms with Crippen LogP contribution in [-0.2, 0) is 4.79 Å². The van der Waals surface area contributed by atoms with Crippen LogP contribution in [0.4, 0.5) is 4.79 Å². The molecule has 7 nitrogen and oxygen atoms in total. The molecular formula is C17H34N4O3. The second kappa shape index (κ2) is 10.5. The van der Waals surface area contributed by atoms with Crippen molar-refractivity contribution in [2.24, 2.45) is 5.92 Å². The van der Waals surface area contributed by atoms with Crippen LogP contribution >= 0.6 is 0 Å². The topological polar surface area (TPSA) is 84.9 Å². The number of nitrogens with one attached hydrogen (secondary N) is 2. The number of carbonyl (C=O) groups is 2. The molecule has 1 aliphatic heterocycles. The number of aliphatic hydroxyl groups is 1. The molecule has 7 heteroatoms. The van der Waals surface area contributed by atoms with Crippen LogP contribution in [0.3, 0.4) is 0 Å². The number of nitrogens with zero attached hydrogens (tertiary/aromatic N) is 2. The van der Waals surface area contributed by atoms with Gasteiger partial charge in [-0.1, -0.05) is 6.42 Å². The maximum Gasteiger partial charge on any atom is 0.317 e. The summed E-state index contributed by atoms with van der Waals surface area (Å²) in [7, 11) is 1.62. The SMILES string of the molecule is CNC(=O)N(CC(CCC[C@H](C)O)CC(=O)N1CCCN1)C(C)C. The van der Waals surface area contributed by atoms with E-state index in [-0.39, 0.29) is 30.0 Å². The minimum Gasteiger partial charge on any atom is -0.393 e. The highest BCUT2D eigenvalue weighted by Gasteiger charge is 2.25. The van der Waals surface area contributed by atoms with Gasteiger partial charge in [0, 0.05) is 39.1 Å². The molecule has 1 heterocycles. The molecule has 1 unspecified atom stereocenters. The summed E-state index contributed by atoms with van der Waals surface area (Å²) in [5, 5.41) is 13.8. The molecule has 3 amide bonds. The van der Waals surface area contributed by atoms with Crippen LogP contribution in [-0.4, -0.2) is 65.8 Å². The van der Waals surface area contributed by atoms with E-state index in [1.165, 1.54) is 0 Å². The fourth-order valence-electron chi connectivity index (χ4n) is 3.01. The van der Waals surface area contributed by atoms with Crippen LogP contribution in [0.15, 0.2) is 0 Å². The van der Waals surface area contributed by atoms with Crippen molar-refractivity contribution in [1.29, 1.82) is 0 Å². The molecule has 0 radical (unpaired) electrons. The average Bonchev–Trinajstić information content (AvgIpc) is 3.05. The number of hydrogen-bond acceptors (Lipinski definition) is 4. The van der Waals surface area contributed by atoms with E-state index < -0.39 is 0 Å². The van der Waals surface area contributed by atoms with Gasteiger partial charge < -0.3 is 15.3 Å². The summed E-state index contributed by atoms with van der Waals surface area (Å²) in [6.45, 7) is 7.88. The van der Waals surface area contributed by atoms with Gasteiger partial charge >= 0.3 is 6.03 Å². The first-order chi connectivity index (χ1) is 11.3. The number of rotatable bonds is 9. The predicted octanol–water partition coefficient (Wildman–Crippen LogP) is 1.33. The lowest BCUT2D eigenvalue weighted by Gasteiger charge is -2.31. The Morgan fingerprint density at radius 1 is 1.29 bits per heavy atom. The van der Waals surface area contributed by atoms with Gasteiger partial charge in [-0.15, -0.1) is 0 Å². The largest absolute Gasteiger partial charge is 0.393 e. The number of carbonyl (C=O) groups excluding carboxylic acids is 2. The third kappa shape index (κ3) is 7.05. The number of aliphatic hydroxyl groups excluding tert-OH is 1. The van der Waals surface area contributed by atoms with Crippen molar-refractivity contribution in [2.45, 2.75) is 65.0 Å². The zero-order chi connectivity index (χ0) is 18.1. The molecule has 2 atom stereocenters. The van der Waals surface area contributed by atoms with Crippen LogP contribution in [0, 0.1) is 5.92 Å². The van der Waals surface area contributed by atoms with E-state index in [0.29, 0.717) is 19.4 Å². The van der Waals surface area contributed by atoms with E-state index in [9.17, 15) is 14.7 Å². The minimum atomic E-state index is -0.332. The molecule has 1 saturated heterocycles. The molecule has 0 aromatic rings. The van der Waals surface area contributed by atoms with Crippen molar-refractivity contribution in [3.63, 3.8) is 0 Å². The molecule has 140 valence electrons. The van der Waals surface area contributed by atoms with E-state index in [1.54, 1.807) is 23.9 Å². The lowest BCUT2D eigenvalue weighted by Crippen LogP contribution is -2.46. The summed E-state index contributed by atoms with van der Waals surface area (Å²) in [5.74, 6) is 0.188. The highest BCUT2D eigenvalue weighted by Crippen LogP contribution is 2.19. The molecule has 1 aliphatic rings. The van der Waals surface area contributed by atoms with Gasteiger partial charge in [-0.05, 0) is 46.0 Å². The molecular weight excluding hydrogens is 308 g/mol. The van der Waals surface area contributed by atoms with Crippen molar-refractivity contribution >= 4 is 11.9 Å². The Hall–Kier alpha value is -1.34. The summed E-state index contributed by atoms with van der Waals surface area (Å²) >= 11 is 0. The molecule has 0 aromatic heterocycles. The Bertz CT molecular complexity index is 395. The number of hydrogen-bond donors (Lipinski definition) is 3. The second-order valence-electron chi connectivity index (χ2n) is 6.96. The molecule has 0 spiro atoms. The number of amides is 3. The first-order valence-electron chi connectivity index (χ1n) is 9.05. The van der Waals surface area contributed by atoms with Crippen LogP contribution in [0.1, 0.15) is 52.9 Å². The molecule has 24 heavy (non-hydrogen) atoms. The Morgan fingerprint density at radius 2 is 2.00 bits per heavy atom. The van der Waals surface area contributed by atoms with E-state index in [0.717, 1.165) is 32.4 Å². The van der Waals surface area contributed by atoms with Crippen molar-refractivity contribution < 1.29 is 14.7 Å². The highest BCUT2D eigenvalue weighted by molar-refractivity contribution is 5.76. The van der Waals surface area contributed by atoms with E-state index in [4.69, 9.17) is 0 Å². The maximum absolute atomic E-state index is 12.4. The summed E-state index contributed by atoms with van der Waals surface area (Å²) in [4.78, 5) is 26.3. The summed E-state index contributed by atoms with van der Waals surface area (Å²) in [6, 6.07) is -0.0403. The van der Waals surface area contributed by atoms with Gasteiger partial charge in [0.1, 0.15) is 0 Å². The van der Waals surface area contributed by atoms with E-state index in [2.05, 4.69) is 10.7 Å². The third-order valence-electron chi connectivity index (χ3n) is 4.41. The number of hydrazine groups is 1. The fraction of sp³-hybridized carbons (Fsp3) is 0.882. The number of urea groups is 1. The van der Waals surface area contributed by atoms with Gasteiger partial charge in [-0.2, -0.15) is 0 Å². The first kappa shape index (κ1) is 20.7. The maximum atomic E-state index is 12.4. The Morgan fingerprint density at radius 3 is 2.50 bits per heavy atom. The zero-order valence-corrected chi connectivity index (χ0v) is 15.5. The summed E-state index contributed by atoms with van der Waals surface area (Å²) in [6.07, 6.45) is 3.46. The lowest BCUT2D eigenvalue weighted by molar-refractivity contribution is -0.133. The van der Waals surface area contributed by atoms with Crippen molar-refractivity contribution in [3.8, 4) is 0 Å². The van der Waals surface area contributed by atoms with Crippen LogP contribution < -0.4 is 10.7 Å². The monoisotopic (exact) mass is 342 g/mol. The highest BCUT2D eigenvalue weighted by atomic mass is 16.3. The molecule has 1 fully saturated rings. The van der Waals surface area contributed by atoms with Crippen molar-refractivity contribution in [3.05, 3.63) is 0 Å². The fourth-order valence-corrected chi connectivity index (χ4v) is 3.01. The van der Waals surface area contributed by atoms with Crippen molar-refractivity contribution in [2.75, 3.05) is 26.7 Å². The Labute approximate surface area is 145 Å². The second-order valence-corrected chi connectivity index (χ2v) is 6.96. The normalized spacial score (nSPS) is 17.0. The Balaban J connectivity index is 2.67. The van der Waals surface area contributed by atoms with Gasteiger partial charge in [-0.25, -0.2) is 10.2 Å². The van der Waals surface area contributed by atoms with E-state index in [1.807, 2.05) is 13.8 Å². The van der Waals surface area contributed by atoms with Crippen LogP contribution in [0.25, 0.3) is 0 Å². The lowest BCUT2D eigenvalue weighted by atomic mass is 9.95. The first-order valence-corrected chi connectivity index (χ1v) is 9.05. The van der Waals surface area contributed by atoms with Gasteiger partial charge in [0.05, 0.1) is 6.10 Å². The molecule has 1 rings (SSSR count). The average molecular weight is 342 g/mol. The zero-order valence-electron chi connectivity index (χ0n) is 15.5. The van der Waals surface area contributed by atoms with Gasteiger partial charge in [-0.3, -0.25) is 9.80 Å². The molecule has 0 aromatic carbocycles. The standard InChI is InChI=1S/C17H34N4O3/c1-13(2)20(17(24)18-4)12-15(8-5-7-14(3)22)11-16(23)21-10-6-9-19-21/h13-15,19,22H,5-12H2,1-4H3,(H,18,24)/t14-,15?/m0/s1. The molecule has 0 bridgehead atoms. The summed E-state index contributed by atoms with van der Waals surface area (Å²) in [5.41, 5.74) is 3.10. The predicted molar refractivity (Wildman–Crippen MR) is 94.3 cm³/mol. The van der Waals surface area contributed by atoms with Crippen molar-refractivity contribution in [1.82, 2.24) is 20.7 Å². The smallest absolute Gasteiger partial charge is 0.317 e. The quantitative estimate of drug-likeness (QED) is 0.590.